The third-order valence-electron chi connectivity index (χ3n) is 2.84. The van der Waals surface area contributed by atoms with Crippen molar-refractivity contribution in [1.29, 1.82) is 0 Å². The van der Waals surface area contributed by atoms with Gasteiger partial charge in [0.1, 0.15) is 5.69 Å². The molecule has 1 saturated heterocycles. The number of carbonyl (C=O) groups is 1. The van der Waals surface area contributed by atoms with Crippen LogP contribution in [0.1, 0.15) is 29.3 Å². The molecule has 0 aromatic carbocycles. The zero-order chi connectivity index (χ0) is 13.2. The van der Waals surface area contributed by atoms with E-state index in [0.717, 1.165) is 30.3 Å². The van der Waals surface area contributed by atoms with Crippen molar-refractivity contribution in [1.82, 2.24) is 9.88 Å². The van der Waals surface area contributed by atoms with Crippen LogP contribution in [0.4, 0.5) is 0 Å². The Labute approximate surface area is 116 Å². The first-order valence-corrected chi connectivity index (χ1v) is 7.96. The van der Waals surface area contributed by atoms with Gasteiger partial charge in [-0.2, -0.15) is 11.8 Å². The first-order chi connectivity index (χ1) is 8.52. The van der Waals surface area contributed by atoms with Crippen molar-refractivity contribution in [3.63, 3.8) is 0 Å². The van der Waals surface area contributed by atoms with E-state index in [1.54, 1.807) is 0 Å². The highest BCUT2D eigenvalue weighted by molar-refractivity contribution is 8.00. The minimum absolute atomic E-state index is 0.0582. The summed E-state index contributed by atoms with van der Waals surface area (Å²) in [6.45, 7) is 6.54. The van der Waals surface area contributed by atoms with E-state index in [1.165, 1.54) is 11.3 Å². The number of nitrogens with two attached hydrogens (primary N) is 1. The molecule has 6 heteroatoms. The van der Waals surface area contributed by atoms with Crippen LogP contribution >= 0.6 is 23.1 Å². The van der Waals surface area contributed by atoms with Gasteiger partial charge in [0.05, 0.1) is 5.01 Å². The summed E-state index contributed by atoms with van der Waals surface area (Å²) in [5, 5.41) is 2.80. The van der Waals surface area contributed by atoms with E-state index in [1.807, 2.05) is 22.0 Å². The Morgan fingerprint density at radius 1 is 1.61 bits per heavy atom. The molecule has 1 amide bonds. The fourth-order valence-corrected chi connectivity index (χ4v) is 3.90. The fourth-order valence-electron chi connectivity index (χ4n) is 2.00. The Balaban J connectivity index is 2.05. The van der Waals surface area contributed by atoms with Gasteiger partial charge in [-0.1, -0.05) is 0 Å². The summed E-state index contributed by atoms with van der Waals surface area (Å²) >= 11 is 3.44. The molecule has 0 unspecified atom stereocenters. The third-order valence-corrected chi connectivity index (χ3v) is 5.05. The molecule has 0 saturated carbocycles. The molecule has 2 rings (SSSR count). The number of hydrogen-bond donors (Lipinski definition) is 1. The average molecular weight is 285 g/mol. The molecule has 1 fully saturated rings. The van der Waals surface area contributed by atoms with Gasteiger partial charge in [0.2, 0.25) is 0 Å². The molecule has 2 N–H and O–H groups in total. The Kier molecular flexibility index (Phi) is 4.29. The molecule has 4 nitrogen and oxygen atoms in total. The van der Waals surface area contributed by atoms with Gasteiger partial charge in [0.25, 0.3) is 5.91 Å². The lowest BCUT2D eigenvalue weighted by Crippen LogP contribution is -2.46. The van der Waals surface area contributed by atoms with Crippen LogP contribution < -0.4 is 5.73 Å². The quantitative estimate of drug-likeness (QED) is 0.916. The van der Waals surface area contributed by atoms with Crippen LogP contribution in [-0.4, -0.2) is 45.9 Å². The number of amides is 1. The SMILES string of the molecule is CC1(C)CN(C(=O)c2csc(CCN)n2)CCS1. The zero-order valence-corrected chi connectivity index (χ0v) is 12.4. The Morgan fingerprint density at radius 3 is 3.06 bits per heavy atom. The smallest absolute Gasteiger partial charge is 0.273 e. The second-order valence-corrected chi connectivity index (χ2v) is 7.74. The van der Waals surface area contributed by atoms with Crippen LogP contribution in [0, 0.1) is 0 Å². The number of carbonyl (C=O) groups excluding carboxylic acids is 1. The maximum atomic E-state index is 12.3. The fraction of sp³-hybridized carbons (Fsp3) is 0.667. The Bertz CT molecular complexity index is 431. The highest BCUT2D eigenvalue weighted by Crippen LogP contribution is 2.30. The van der Waals surface area contributed by atoms with E-state index in [2.05, 4.69) is 18.8 Å². The topological polar surface area (TPSA) is 59.2 Å². The van der Waals surface area contributed by atoms with Crippen molar-refractivity contribution in [3.05, 3.63) is 16.1 Å². The first kappa shape index (κ1) is 13.8. The monoisotopic (exact) mass is 285 g/mol. The number of aromatic nitrogens is 1. The number of rotatable bonds is 3. The van der Waals surface area contributed by atoms with Gasteiger partial charge in [-0.25, -0.2) is 4.98 Å². The van der Waals surface area contributed by atoms with Gasteiger partial charge < -0.3 is 10.6 Å². The summed E-state index contributed by atoms with van der Waals surface area (Å²) in [5.41, 5.74) is 6.07. The van der Waals surface area contributed by atoms with Gasteiger partial charge in [-0.15, -0.1) is 11.3 Å². The van der Waals surface area contributed by atoms with E-state index in [9.17, 15) is 4.79 Å². The standard InChI is InChI=1S/C12H19N3OS2/c1-12(2)8-15(5-6-18-12)11(16)9-7-17-10(14-9)3-4-13/h7H,3-6,8,13H2,1-2H3. The number of thioether (sulfide) groups is 1. The lowest BCUT2D eigenvalue weighted by atomic mass is 10.2. The average Bonchev–Trinajstić information content (AvgIpc) is 2.76. The van der Waals surface area contributed by atoms with Crippen LogP contribution in [0.3, 0.4) is 0 Å². The van der Waals surface area contributed by atoms with E-state index in [0.29, 0.717) is 12.2 Å². The maximum Gasteiger partial charge on any atom is 0.273 e. The predicted octanol–water partition coefficient (Wildman–Crippen LogP) is 1.61. The van der Waals surface area contributed by atoms with Gasteiger partial charge in [0.15, 0.2) is 0 Å². The van der Waals surface area contributed by atoms with Crippen molar-refractivity contribution in [3.8, 4) is 0 Å². The summed E-state index contributed by atoms with van der Waals surface area (Å²) in [6.07, 6.45) is 0.749. The Morgan fingerprint density at radius 2 is 2.39 bits per heavy atom. The molecular weight excluding hydrogens is 266 g/mol. The highest BCUT2D eigenvalue weighted by Gasteiger charge is 2.30. The van der Waals surface area contributed by atoms with Crippen molar-refractivity contribution in [2.45, 2.75) is 25.0 Å². The summed E-state index contributed by atoms with van der Waals surface area (Å²) in [7, 11) is 0. The second-order valence-electron chi connectivity index (χ2n) is 5.00. The third kappa shape index (κ3) is 3.24. The number of thiazole rings is 1. The van der Waals surface area contributed by atoms with E-state index >= 15 is 0 Å². The zero-order valence-electron chi connectivity index (χ0n) is 10.8. The summed E-state index contributed by atoms with van der Waals surface area (Å²) in [6, 6.07) is 0. The Hall–Kier alpha value is -0.590. The normalized spacial score (nSPS) is 18.9. The molecule has 0 atom stereocenters. The first-order valence-electron chi connectivity index (χ1n) is 6.09. The summed E-state index contributed by atoms with van der Waals surface area (Å²) < 4.78 is 0.143. The molecule has 18 heavy (non-hydrogen) atoms. The molecule has 0 aliphatic carbocycles. The molecule has 0 radical (unpaired) electrons. The van der Waals surface area contributed by atoms with Gasteiger partial charge in [-0.05, 0) is 20.4 Å². The minimum atomic E-state index is 0.0582. The molecule has 1 aromatic heterocycles. The molecule has 2 heterocycles. The largest absolute Gasteiger partial charge is 0.335 e. The molecule has 1 aliphatic heterocycles. The highest BCUT2D eigenvalue weighted by atomic mass is 32.2. The van der Waals surface area contributed by atoms with Gasteiger partial charge in [-0.3, -0.25) is 4.79 Å². The predicted molar refractivity (Wildman–Crippen MR) is 77.3 cm³/mol. The van der Waals surface area contributed by atoms with Crippen LogP contribution in [0.5, 0.6) is 0 Å². The van der Waals surface area contributed by atoms with E-state index < -0.39 is 0 Å². The van der Waals surface area contributed by atoms with Crippen molar-refractivity contribution in [2.24, 2.45) is 5.73 Å². The van der Waals surface area contributed by atoms with Crippen LogP contribution in [0.15, 0.2) is 5.38 Å². The second kappa shape index (κ2) is 5.59. The van der Waals surface area contributed by atoms with Crippen LogP contribution in [-0.2, 0) is 6.42 Å². The summed E-state index contributed by atoms with van der Waals surface area (Å²) in [5.74, 6) is 1.06. The lowest BCUT2D eigenvalue weighted by molar-refractivity contribution is 0.0743. The van der Waals surface area contributed by atoms with Crippen molar-refractivity contribution >= 4 is 29.0 Å². The number of hydrogen-bond acceptors (Lipinski definition) is 5. The molecular formula is C12H19N3OS2. The molecule has 1 aliphatic rings. The minimum Gasteiger partial charge on any atom is -0.335 e. The maximum absolute atomic E-state index is 12.3. The molecule has 100 valence electrons. The molecule has 0 bridgehead atoms. The van der Waals surface area contributed by atoms with Crippen LogP contribution in [0.25, 0.3) is 0 Å². The van der Waals surface area contributed by atoms with E-state index in [-0.39, 0.29) is 10.7 Å². The van der Waals surface area contributed by atoms with E-state index in [4.69, 9.17) is 5.73 Å². The molecule has 1 aromatic rings. The van der Waals surface area contributed by atoms with Gasteiger partial charge >= 0.3 is 0 Å². The van der Waals surface area contributed by atoms with Gasteiger partial charge in [0, 0.05) is 35.4 Å². The van der Waals surface area contributed by atoms with Crippen LogP contribution in [0.2, 0.25) is 0 Å². The lowest BCUT2D eigenvalue weighted by Gasteiger charge is -2.37. The van der Waals surface area contributed by atoms with Crippen molar-refractivity contribution in [2.75, 3.05) is 25.4 Å². The number of nitrogens with zero attached hydrogens (tertiary/aromatic N) is 2. The summed E-state index contributed by atoms with van der Waals surface area (Å²) in [4.78, 5) is 18.6. The van der Waals surface area contributed by atoms with Crippen molar-refractivity contribution < 1.29 is 4.79 Å². The molecule has 0 spiro atoms.